The van der Waals surface area contributed by atoms with E-state index < -0.39 is 0 Å². The molecule has 21 heavy (non-hydrogen) atoms. The van der Waals surface area contributed by atoms with E-state index in [1.165, 1.54) is 0 Å². The van der Waals surface area contributed by atoms with Gasteiger partial charge in [-0.1, -0.05) is 43.3 Å². The van der Waals surface area contributed by atoms with Gasteiger partial charge in [0, 0.05) is 17.0 Å². The van der Waals surface area contributed by atoms with Gasteiger partial charge in [0.15, 0.2) is 0 Å². The summed E-state index contributed by atoms with van der Waals surface area (Å²) in [6.45, 7) is 2.07. The number of benzene rings is 2. The van der Waals surface area contributed by atoms with Gasteiger partial charge in [-0.3, -0.25) is 4.98 Å². The number of fused-ring (bicyclic) bond motifs is 1. The maximum absolute atomic E-state index is 6.14. The molecule has 0 aliphatic heterocycles. The first-order valence-corrected chi connectivity index (χ1v) is 7.15. The second kappa shape index (κ2) is 5.94. The highest BCUT2D eigenvalue weighted by atomic mass is 16.5. The lowest BCUT2D eigenvalue weighted by Gasteiger charge is -2.15. The Bertz CT molecular complexity index is 755. The highest BCUT2D eigenvalue weighted by Gasteiger charge is 2.11. The lowest BCUT2D eigenvalue weighted by atomic mass is 10.0. The lowest BCUT2D eigenvalue weighted by Crippen LogP contribution is -2.09. The van der Waals surface area contributed by atoms with Crippen LogP contribution >= 0.6 is 0 Å². The molecule has 3 nitrogen and oxygen atoms in total. The number of nitrogens with two attached hydrogens (primary N) is 1. The largest absolute Gasteiger partial charge is 0.455 e. The number of nitrogens with zero attached hydrogens (tertiary/aromatic N) is 1. The van der Waals surface area contributed by atoms with Crippen LogP contribution in [0.25, 0.3) is 10.9 Å². The van der Waals surface area contributed by atoms with Crippen molar-refractivity contribution >= 4 is 10.9 Å². The van der Waals surface area contributed by atoms with E-state index >= 15 is 0 Å². The molecule has 1 atom stereocenters. The minimum absolute atomic E-state index is 0.0189. The van der Waals surface area contributed by atoms with Gasteiger partial charge in [-0.25, -0.2) is 0 Å². The minimum Gasteiger partial charge on any atom is -0.455 e. The van der Waals surface area contributed by atoms with Crippen LogP contribution in [0.2, 0.25) is 0 Å². The summed E-state index contributed by atoms with van der Waals surface area (Å²) >= 11 is 0. The van der Waals surface area contributed by atoms with E-state index in [2.05, 4.69) is 11.9 Å². The molecule has 0 spiro atoms. The number of pyridine rings is 1. The monoisotopic (exact) mass is 278 g/mol. The van der Waals surface area contributed by atoms with Gasteiger partial charge in [0.25, 0.3) is 0 Å². The average molecular weight is 278 g/mol. The van der Waals surface area contributed by atoms with E-state index in [-0.39, 0.29) is 6.04 Å². The van der Waals surface area contributed by atoms with E-state index in [0.29, 0.717) is 0 Å². The Balaban J connectivity index is 1.95. The van der Waals surface area contributed by atoms with E-state index in [1.54, 1.807) is 6.20 Å². The van der Waals surface area contributed by atoms with Crippen molar-refractivity contribution in [1.29, 1.82) is 0 Å². The molecule has 0 radical (unpaired) electrons. The summed E-state index contributed by atoms with van der Waals surface area (Å²) in [5.74, 6) is 1.52. The molecule has 3 heteroatoms. The van der Waals surface area contributed by atoms with Crippen LogP contribution in [0.1, 0.15) is 24.9 Å². The molecule has 2 aromatic carbocycles. The molecule has 3 rings (SSSR count). The summed E-state index contributed by atoms with van der Waals surface area (Å²) in [5.41, 5.74) is 8.13. The smallest absolute Gasteiger partial charge is 0.146 e. The van der Waals surface area contributed by atoms with Crippen molar-refractivity contribution in [3.05, 3.63) is 66.4 Å². The van der Waals surface area contributed by atoms with Crippen LogP contribution in [0.4, 0.5) is 0 Å². The number of hydrogen-bond donors (Lipinski definition) is 1. The van der Waals surface area contributed by atoms with E-state index in [4.69, 9.17) is 10.5 Å². The van der Waals surface area contributed by atoms with Crippen LogP contribution in [0.15, 0.2) is 60.8 Å². The van der Waals surface area contributed by atoms with Gasteiger partial charge in [-0.2, -0.15) is 0 Å². The fourth-order valence-electron chi connectivity index (χ4n) is 2.33. The SMILES string of the molecule is CC[C@@H](N)c1ccccc1Oc1cnc2ccccc2c1. The molecular weight excluding hydrogens is 260 g/mol. The molecule has 0 fully saturated rings. The Morgan fingerprint density at radius 2 is 1.86 bits per heavy atom. The van der Waals surface area contributed by atoms with Crippen molar-refractivity contribution < 1.29 is 4.74 Å². The first-order chi connectivity index (χ1) is 10.3. The molecule has 0 saturated carbocycles. The van der Waals surface area contributed by atoms with E-state index in [0.717, 1.165) is 34.4 Å². The van der Waals surface area contributed by atoms with Crippen LogP contribution < -0.4 is 10.5 Å². The summed E-state index contributed by atoms with van der Waals surface area (Å²) < 4.78 is 6.00. The number of hydrogen-bond acceptors (Lipinski definition) is 3. The third-order valence-electron chi connectivity index (χ3n) is 3.55. The maximum atomic E-state index is 6.14. The Labute approximate surface area is 124 Å². The minimum atomic E-state index is -0.0189. The van der Waals surface area contributed by atoms with Gasteiger partial charge in [0.1, 0.15) is 11.5 Å². The van der Waals surface area contributed by atoms with Gasteiger partial charge >= 0.3 is 0 Å². The number of rotatable bonds is 4. The topological polar surface area (TPSA) is 48.1 Å². The Hall–Kier alpha value is -2.39. The number of aromatic nitrogens is 1. The zero-order valence-electron chi connectivity index (χ0n) is 12.0. The Kier molecular flexibility index (Phi) is 3.84. The van der Waals surface area contributed by atoms with Crippen molar-refractivity contribution in [3.8, 4) is 11.5 Å². The maximum Gasteiger partial charge on any atom is 0.146 e. The van der Waals surface area contributed by atoms with Crippen molar-refractivity contribution in [2.75, 3.05) is 0 Å². The molecule has 0 saturated heterocycles. The Morgan fingerprint density at radius 1 is 1.10 bits per heavy atom. The molecule has 0 amide bonds. The second-order valence-corrected chi connectivity index (χ2v) is 5.02. The molecule has 0 unspecified atom stereocenters. The van der Waals surface area contributed by atoms with Crippen LogP contribution in [-0.4, -0.2) is 4.98 Å². The van der Waals surface area contributed by atoms with Crippen LogP contribution in [-0.2, 0) is 0 Å². The van der Waals surface area contributed by atoms with Crippen molar-refractivity contribution in [2.24, 2.45) is 5.73 Å². The molecule has 1 heterocycles. The molecule has 106 valence electrons. The standard InChI is InChI=1S/C18H18N2O/c1-2-16(19)15-8-4-6-10-18(15)21-14-11-13-7-3-5-9-17(13)20-12-14/h3-12,16H,2,19H2,1H3/t16-/m1/s1. The molecule has 3 aromatic rings. The number of ether oxygens (including phenoxy) is 1. The first-order valence-electron chi connectivity index (χ1n) is 7.15. The highest BCUT2D eigenvalue weighted by Crippen LogP contribution is 2.30. The van der Waals surface area contributed by atoms with Gasteiger partial charge < -0.3 is 10.5 Å². The molecule has 1 aromatic heterocycles. The molecule has 2 N–H and O–H groups in total. The zero-order valence-corrected chi connectivity index (χ0v) is 12.0. The van der Waals surface area contributed by atoms with Crippen LogP contribution in [0.5, 0.6) is 11.5 Å². The molecule has 0 bridgehead atoms. The highest BCUT2D eigenvalue weighted by molar-refractivity contribution is 5.79. The van der Waals surface area contributed by atoms with Crippen molar-refractivity contribution in [1.82, 2.24) is 4.98 Å². The lowest BCUT2D eigenvalue weighted by molar-refractivity contribution is 0.467. The summed E-state index contributed by atoms with van der Waals surface area (Å²) in [5, 5.41) is 1.06. The fraction of sp³-hybridized carbons (Fsp3) is 0.167. The predicted octanol–water partition coefficient (Wildman–Crippen LogP) is 4.44. The van der Waals surface area contributed by atoms with Gasteiger partial charge in [0.05, 0.1) is 11.7 Å². The predicted molar refractivity (Wildman–Crippen MR) is 85.5 cm³/mol. The average Bonchev–Trinajstić information content (AvgIpc) is 2.54. The molecule has 0 aliphatic rings. The first kappa shape index (κ1) is 13.6. The van der Waals surface area contributed by atoms with Gasteiger partial charge in [0.2, 0.25) is 0 Å². The summed E-state index contributed by atoms with van der Waals surface area (Å²) in [6, 6.07) is 17.9. The van der Waals surface area contributed by atoms with E-state index in [9.17, 15) is 0 Å². The van der Waals surface area contributed by atoms with Crippen molar-refractivity contribution in [3.63, 3.8) is 0 Å². The van der Waals surface area contributed by atoms with E-state index in [1.807, 2.05) is 54.6 Å². The van der Waals surface area contributed by atoms with Crippen LogP contribution in [0.3, 0.4) is 0 Å². The normalized spacial score (nSPS) is 12.3. The fourth-order valence-corrected chi connectivity index (χ4v) is 2.33. The van der Waals surface area contributed by atoms with Crippen molar-refractivity contribution in [2.45, 2.75) is 19.4 Å². The zero-order chi connectivity index (χ0) is 14.7. The summed E-state index contributed by atoms with van der Waals surface area (Å²) in [4.78, 5) is 4.42. The quantitative estimate of drug-likeness (QED) is 0.767. The molecular formula is C18H18N2O. The Morgan fingerprint density at radius 3 is 2.71 bits per heavy atom. The van der Waals surface area contributed by atoms with Gasteiger partial charge in [-0.05, 0) is 24.6 Å². The third kappa shape index (κ3) is 2.88. The second-order valence-electron chi connectivity index (χ2n) is 5.02. The third-order valence-corrected chi connectivity index (χ3v) is 3.55. The van der Waals surface area contributed by atoms with Crippen LogP contribution in [0, 0.1) is 0 Å². The summed E-state index contributed by atoms with van der Waals surface area (Å²) in [7, 11) is 0. The van der Waals surface area contributed by atoms with Gasteiger partial charge in [-0.15, -0.1) is 0 Å². The molecule has 0 aliphatic carbocycles. The number of para-hydroxylation sites is 2. The summed E-state index contributed by atoms with van der Waals surface area (Å²) in [6.07, 6.45) is 2.62.